The van der Waals surface area contributed by atoms with E-state index in [1.807, 2.05) is 61.5 Å². The molecule has 0 radical (unpaired) electrons. The fourth-order valence-electron chi connectivity index (χ4n) is 2.46. The van der Waals surface area contributed by atoms with Gasteiger partial charge in [0.25, 0.3) is 0 Å². The van der Waals surface area contributed by atoms with Crippen molar-refractivity contribution in [3.63, 3.8) is 0 Å². The Balaban J connectivity index is 2.08. The maximum Gasteiger partial charge on any atom is 0.308 e. The zero-order valence-electron chi connectivity index (χ0n) is 14.1. The molecule has 0 aliphatic carbocycles. The van der Waals surface area contributed by atoms with Crippen molar-refractivity contribution in [1.29, 1.82) is 0 Å². The van der Waals surface area contributed by atoms with Crippen LogP contribution in [0.1, 0.15) is 36.1 Å². The normalized spacial score (nSPS) is 11.6. The van der Waals surface area contributed by atoms with Gasteiger partial charge >= 0.3 is 5.97 Å². The predicted molar refractivity (Wildman–Crippen MR) is 93.5 cm³/mol. The predicted octanol–water partition coefficient (Wildman–Crippen LogP) is 3.35. The van der Waals surface area contributed by atoms with E-state index < -0.39 is 0 Å². The second-order valence-electron chi connectivity index (χ2n) is 5.70. The Labute approximate surface area is 142 Å². The number of amides is 1. The zero-order chi connectivity index (χ0) is 17.4. The lowest BCUT2D eigenvalue weighted by Crippen LogP contribution is -2.31. The van der Waals surface area contributed by atoms with Crippen LogP contribution < -0.4 is 5.32 Å². The van der Waals surface area contributed by atoms with Crippen LogP contribution in [0.3, 0.4) is 0 Å². The molecule has 4 nitrogen and oxygen atoms in total. The topological polar surface area (TPSA) is 55.4 Å². The number of rotatable bonds is 7. The van der Waals surface area contributed by atoms with E-state index in [-0.39, 0.29) is 30.8 Å². The van der Waals surface area contributed by atoms with Crippen LogP contribution in [0.25, 0.3) is 0 Å². The van der Waals surface area contributed by atoms with E-state index in [2.05, 4.69) is 5.32 Å². The highest BCUT2D eigenvalue weighted by Gasteiger charge is 2.19. The van der Waals surface area contributed by atoms with Crippen LogP contribution in [0.15, 0.2) is 54.6 Å². The highest BCUT2D eigenvalue weighted by atomic mass is 16.5. The smallest absolute Gasteiger partial charge is 0.308 e. The van der Waals surface area contributed by atoms with Gasteiger partial charge in [-0.1, -0.05) is 60.2 Å². The number of carbonyl (C=O) groups excluding carboxylic acids is 2. The van der Waals surface area contributed by atoms with Gasteiger partial charge in [0.05, 0.1) is 25.5 Å². The quantitative estimate of drug-likeness (QED) is 0.794. The van der Waals surface area contributed by atoms with Crippen molar-refractivity contribution in [1.82, 2.24) is 5.32 Å². The summed E-state index contributed by atoms with van der Waals surface area (Å²) in [6.07, 6.45) is 0.406. The number of nitrogens with one attached hydrogen (secondary N) is 1. The maximum atomic E-state index is 12.3. The van der Waals surface area contributed by atoms with E-state index in [1.165, 1.54) is 0 Å². The molecule has 4 heteroatoms. The number of ether oxygens (including phenoxy) is 1. The Morgan fingerprint density at radius 1 is 1.04 bits per heavy atom. The molecular weight excluding hydrogens is 302 g/mol. The van der Waals surface area contributed by atoms with Gasteiger partial charge in [0.1, 0.15) is 0 Å². The van der Waals surface area contributed by atoms with E-state index in [0.29, 0.717) is 6.61 Å². The van der Waals surface area contributed by atoms with Gasteiger partial charge in [-0.2, -0.15) is 0 Å². The van der Waals surface area contributed by atoms with E-state index >= 15 is 0 Å². The summed E-state index contributed by atoms with van der Waals surface area (Å²) in [5.74, 6) is -0.431. The average Bonchev–Trinajstić information content (AvgIpc) is 2.56. The van der Waals surface area contributed by atoms with Crippen LogP contribution in [0, 0.1) is 6.92 Å². The molecule has 24 heavy (non-hydrogen) atoms. The van der Waals surface area contributed by atoms with Crippen molar-refractivity contribution >= 4 is 11.9 Å². The van der Waals surface area contributed by atoms with Crippen LogP contribution in [0.2, 0.25) is 0 Å². The summed E-state index contributed by atoms with van der Waals surface area (Å²) in [5, 5.41) is 2.95. The summed E-state index contributed by atoms with van der Waals surface area (Å²) in [7, 11) is 0. The lowest BCUT2D eigenvalue weighted by atomic mass is 10.0. The Bertz CT molecular complexity index is 665. The minimum atomic E-state index is -0.388. The van der Waals surface area contributed by atoms with Gasteiger partial charge in [0.15, 0.2) is 0 Å². The molecule has 0 bridgehead atoms. The van der Waals surface area contributed by atoms with Gasteiger partial charge in [0.2, 0.25) is 5.91 Å². The molecule has 0 saturated carbocycles. The molecule has 0 aliphatic rings. The molecule has 0 saturated heterocycles. The summed E-state index contributed by atoms with van der Waals surface area (Å²) in [5.41, 5.74) is 2.97. The van der Waals surface area contributed by atoms with Gasteiger partial charge in [-0.3, -0.25) is 9.59 Å². The molecule has 0 spiro atoms. The lowest BCUT2D eigenvalue weighted by molar-refractivity contribution is -0.143. The second kappa shape index (κ2) is 8.87. The largest absolute Gasteiger partial charge is 0.466 e. The van der Waals surface area contributed by atoms with E-state index in [9.17, 15) is 9.59 Å². The van der Waals surface area contributed by atoms with E-state index in [0.717, 1.165) is 16.7 Å². The van der Waals surface area contributed by atoms with Crippen LogP contribution in [0.5, 0.6) is 0 Å². The molecule has 0 unspecified atom stereocenters. The first kappa shape index (κ1) is 17.7. The fourth-order valence-corrected chi connectivity index (χ4v) is 2.46. The first-order chi connectivity index (χ1) is 11.6. The monoisotopic (exact) mass is 325 g/mol. The molecular formula is C20H23NO3. The Hall–Kier alpha value is -2.62. The highest BCUT2D eigenvalue weighted by Crippen LogP contribution is 2.18. The molecule has 2 rings (SSSR count). The molecule has 126 valence electrons. The Morgan fingerprint density at radius 2 is 1.71 bits per heavy atom. The molecule has 1 atom stereocenters. The van der Waals surface area contributed by atoms with Gasteiger partial charge in [-0.25, -0.2) is 0 Å². The fraction of sp³-hybridized carbons (Fsp3) is 0.300. The van der Waals surface area contributed by atoms with Gasteiger partial charge < -0.3 is 10.1 Å². The van der Waals surface area contributed by atoms with Crippen molar-refractivity contribution in [2.75, 3.05) is 6.61 Å². The third-order valence-corrected chi connectivity index (χ3v) is 3.70. The van der Waals surface area contributed by atoms with Crippen molar-refractivity contribution in [2.45, 2.75) is 32.7 Å². The minimum Gasteiger partial charge on any atom is -0.466 e. The lowest BCUT2D eigenvalue weighted by Gasteiger charge is -2.19. The third kappa shape index (κ3) is 5.54. The Morgan fingerprint density at radius 3 is 2.33 bits per heavy atom. The first-order valence-electron chi connectivity index (χ1n) is 8.14. The number of esters is 1. The minimum absolute atomic E-state index is 0.115. The van der Waals surface area contributed by atoms with E-state index in [1.54, 1.807) is 6.92 Å². The van der Waals surface area contributed by atoms with E-state index in [4.69, 9.17) is 4.74 Å². The summed E-state index contributed by atoms with van der Waals surface area (Å²) < 4.78 is 5.03. The standard InChI is InChI=1S/C20H23NO3/c1-3-24-20(23)14-18(17-11-9-15(2)10-12-17)21-19(22)13-16-7-5-4-6-8-16/h4-12,18H,3,13-14H2,1-2H3,(H,21,22)/t18-/m1/s1. The summed E-state index contributed by atoms with van der Waals surface area (Å²) >= 11 is 0. The third-order valence-electron chi connectivity index (χ3n) is 3.70. The first-order valence-corrected chi connectivity index (χ1v) is 8.14. The number of aryl methyl sites for hydroxylation is 1. The molecule has 2 aromatic rings. The Kier molecular flexibility index (Phi) is 6.55. The highest BCUT2D eigenvalue weighted by molar-refractivity contribution is 5.80. The molecule has 1 amide bonds. The maximum absolute atomic E-state index is 12.3. The molecule has 1 N–H and O–H groups in total. The van der Waals surface area contributed by atoms with Crippen LogP contribution >= 0.6 is 0 Å². The van der Waals surface area contributed by atoms with Crippen LogP contribution in [0.4, 0.5) is 0 Å². The molecule has 0 aliphatic heterocycles. The number of benzene rings is 2. The zero-order valence-corrected chi connectivity index (χ0v) is 14.1. The average molecular weight is 325 g/mol. The van der Waals surface area contributed by atoms with Crippen molar-refractivity contribution < 1.29 is 14.3 Å². The van der Waals surface area contributed by atoms with Gasteiger partial charge in [-0.05, 0) is 25.0 Å². The van der Waals surface area contributed by atoms with Gasteiger partial charge in [0, 0.05) is 0 Å². The summed E-state index contributed by atoms with van der Waals surface area (Å²) in [4.78, 5) is 24.2. The number of hydrogen-bond acceptors (Lipinski definition) is 3. The number of hydrogen-bond donors (Lipinski definition) is 1. The van der Waals surface area contributed by atoms with Crippen LogP contribution in [-0.4, -0.2) is 18.5 Å². The summed E-state index contributed by atoms with van der Waals surface area (Å²) in [6, 6.07) is 16.9. The molecule has 2 aromatic carbocycles. The molecule has 0 heterocycles. The van der Waals surface area contributed by atoms with Crippen molar-refractivity contribution in [2.24, 2.45) is 0 Å². The SMILES string of the molecule is CCOC(=O)C[C@@H](NC(=O)Cc1ccccc1)c1ccc(C)cc1. The molecule has 0 fully saturated rings. The van der Waals surface area contributed by atoms with Gasteiger partial charge in [-0.15, -0.1) is 0 Å². The van der Waals surface area contributed by atoms with Crippen LogP contribution in [-0.2, 0) is 20.7 Å². The van der Waals surface area contributed by atoms with Crippen molar-refractivity contribution in [3.8, 4) is 0 Å². The second-order valence-corrected chi connectivity index (χ2v) is 5.70. The number of carbonyl (C=O) groups is 2. The molecule has 0 aromatic heterocycles. The summed E-state index contributed by atoms with van der Waals surface area (Å²) in [6.45, 7) is 4.10. The van der Waals surface area contributed by atoms with Crippen molar-refractivity contribution in [3.05, 3.63) is 71.3 Å².